The number of hydrogen-bond donors (Lipinski definition) is 1. The van der Waals surface area contributed by atoms with Crippen LogP contribution in [-0.4, -0.2) is 0 Å². The van der Waals surface area contributed by atoms with E-state index in [1.807, 2.05) is 24.3 Å². The molecule has 3 rings (SSSR count). The second kappa shape index (κ2) is 9.09. The molecule has 0 amide bonds. The SMILES string of the molecule is Cc1ccc(C[NH2+]Cc2ccc(OCc3ccc(Cl)cc3Cl)cc2)cc1. The zero-order valence-corrected chi connectivity index (χ0v) is 16.2. The summed E-state index contributed by atoms with van der Waals surface area (Å²) < 4.78 is 5.81. The molecule has 3 aromatic carbocycles. The lowest BCUT2D eigenvalue weighted by Gasteiger charge is -2.09. The van der Waals surface area contributed by atoms with Crippen LogP contribution in [0.1, 0.15) is 22.3 Å². The van der Waals surface area contributed by atoms with Crippen molar-refractivity contribution < 1.29 is 10.1 Å². The molecule has 3 aromatic rings. The molecule has 0 radical (unpaired) electrons. The summed E-state index contributed by atoms with van der Waals surface area (Å²) in [5.74, 6) is 0.832. The van der Waals surface area contributed by atoms with Gasteiger partial charge in [-0.05, 0) is 43.3 Å². The molecule has 0 aliphatic rings. The van der Waals surface area contributed by atoms with Crippen LogP contribution in [0, 0.1) is 6.92 Å². The van der Waals surface area contributed by atoms with Crippen LogP contribution >= 0.6 is 23.2 Å². The highest BCUT2D eigenvalue weighted by Gasteiger charge is 2.03. The molecule has 0 fully saturated rings. The minimum atomic E-state index is 0.425. The van der Waals surface area contributed by atoms with E-state index < -0.39 is 0 Å². The van der Waals surface area contributed by atoms with Gasteiger partial charge in [0.05, 0.1) is 0 Å². The Balaban J connectivity index is 1.47. The van der Waals surface area contributed by atoms with E-state index in [4.69, 9.17) is 27.9 Å². The molecule has 0 bridgehead atoms. The summed E-state index contributed by atoms with van der Waals surface area (Å²) in [5.41, 5.74) is 4.83. The maximum absolute atomic E-state index is 6.17. The van der Waals surface area contributed by atoms with E-state index in [1.165, 1.54) is 16.7 Å². The van der Waals surface area contributed by atoms with Crippen LogP contribution in [0.2, 0.25) is 10.0 Å². The van der Waals surface area contributed by atoms with Crippen molar-refractivity contribution in [3.05, 3.63) is 99.0 Å². The minimum absolute atomic E-state index is 0.425. The third-order valence-electron chi connectivity index (χ3n) is 4.21. The van der Waals surface area contributed by atoms with E-state index in [-0.39, 0.29) is 0 Å². The summed E-state index contributed by atoms with van der Waals surface area (Å²) in [6.45, 7) is 4.46. The van der Waals surface area contributed by atoms with E-state index in [9.17, 15) is 0 Å². The average molecular weight is 387 g/mol. The van der Waals surface area contributed by atoms with Gasteiger partial charge in [0.1, 0.15) is 25.4 Å². The standard InChI is InChI=1S/C22H21Cl2NO/c1-16-2-4-17(5-3-16)13-25-14-18-6-10-21(11-7-18)26-15-19-8-9-20(23)12-22(19)24/h2-12,25H,13-15H2,1H3/p+1. The van der Waals surface area contributed by atoms with Gasteiger partial charge < -0.3 is 10.1 Å². The number of ether oxygens (including phenoxy) is 1. The van der Waals surface area contributed by atoms with Crippen LogP contribution in [0.25, 0.3) is 0 Å². The lowest BCUT2D eigenvalue weighted by atomic mass is 10.1. The first-order valence-corrected chi connectivity index (χ1v) is 9.38. The molecule has 4 heteroatoms. The zero-order chi connectivity index (χ0) is 18.4. The highest BCUT2D eigenvalue weighted by atomic mass is 35.5. The summed E-state index contributed by atoms with van der Waals surface area (Å²) >= 11 is 12.1. The van der Waals surface area contributed by atoms with E-state index in [2.05, 4.69) is 48.6 Å². The molecule has 2 nitrogen and oxygen atoms in total. The van der Waals surface area contributed by atoms with Crippen molar-refractivity contribution in [1.29, 1.82) is 0 Å². The topological polar surface area (TPSA) is 25.8 Å². The first-order chi connectivity index (χ1) is 12.6. The highest BCUT2D eigenvalue weighted by Crippen LogP contribution is 2.22. The van der Waals surface area contributed by atoms with Gasteiger partial charge in [0, 0.05) is 26.7 Å². The number of nitrogens with two attached hydrogens (primary N) is 1. The lowest BCUT2D eigenvalue weighted by molar-refractivity contribution is -0.686. The fraction of sp³-hybridized carbons (Fsp3) is 0.182. The Hall–Kier alpha value is -2.00. The molecule has 0 atom stereocenters. The Kier molecular flexibility index (Phi) is 6.56. The first kappa shape index (κ1) is 18.8. The van der Waals surface area contributed by atoms with Crippen LogP contribution in [0.3, 0.4) is 0 Å². The molecular formula is C22H22Cl2NO+. The lowest BCUT2D eigenvalue weighted by Crippen LogP contribution is -2.80. The maximum Gasteiger partial charge on any atom is 0.119 e. The second-order valence-corrected chi connectivity index (χ2v) is 7.19. The average Bonchev–Trinajstić information content (AvgIpc) is 2.64. The number of halogens is 2. The summed E-state index contributed by atoms with van der Waals surface area (Å²) in [5, 5.41) is 3.55. The summed E-state index contributed by atoms with van der Waals surface area (Å²) in [6.07, 6.45) is 0. The Morgan fingerprint density at radius 1 is 0.808 bits per heavy atom. The molecule has 0 aliphatic heterocycles. The van der Waals surface area contributed by atoms with Crippen LogP contribution in [-0.2, 0) is 19.7 Å². The highest BCUT2D eigenvalue weighted by molar-refractivity contribution is 6.35. The number of rotatable bonds is 7. The largest absolute Gasteiger partial charge is 0.489 e. The number of quaternary nitrogens is 1. The van der Waals surface area contributed by atoms with Crippen LogP contribution in [0.5, 0.6) is 5.75 Å². The van der Waals surface area contributed by atoms with Gasteiger partial charge in [-0.15, -0.1) is 0 Å². The minimum Gasteiger partial charge on any atom is -0.489 e. The first-order valence-electron chi connectivity index (χ1n) is 8.63. The van der Waals surface area contributed by atoms with Gasteiger partial charge in [0.2, 0.25) is 0 Å². The van der Waals surface area contributed by atoms with Crippen molar-refractivity contribution in [3.8, 4) is 5.75 Å². The normalized spacial score (nSPS) is 10.7. The van der Waals surface area contributed by atoms with Gasteiger partial charge in [0.25, 0.3) is 0 Å². The zero-order valence-electron chi connectivity index (χ0n) is 14.7. The Morgan fingerprint density at radius 2 is 1.42 bits per heavy atom. The van der Waals surface area contributed by atoms with Crippen molar-refractivity contribution in [1.82, 2.24) is 0 Å². The maximum atomic E-state index is 6.17. The van der Waals surface area contributed by atoms with Gasteiger partial charge in [0.15, 0.2) is 0 Å². The van der Waals surface area contributed by atoms with Crippen LogP contribution < -0.4 is 10.1 Å². The molecule has 2 N–H and O–H groups in total. The van der Waals surface area contributed by atoms with Crippen molar-refractivity contribution in [2.24, 2.45) is 0 Å². The molecule has 0 aromatic heterocycles. The Bertz CT molecular complexity index is 845. The van der Waals surface area contributed by atoms with Gasteiger partial charge in [-0.1, -0.05) is 59.1 Å². The van der Waals surface area contributed by atoms with E-state index in [1.54, 1.807) is 6.07 Å². The van der Waals surface area contributed by atoms with Crippen molar-refractivity contribution in [2.45, 2.75) is 26.6 Å². The molecule has 0 aliphatic carbocycles. The van der Waals surface area contributed by atoms with E-state index in [0.717, 1.165) is 24.4 Å². The quantitative estimate of drug-likeness (QED) is 0.597. The van der Waals surface area contributed by atoms with E-state index in [0.29, 0.717) is 16.7 Å². The summed E-state index contributed by atoms with van der Waals surface area (Å²) in [6, 6.07) is 22.3. The van der Waals surface area contributed by atoms with Crippen LogP contribution in [0.4, 0.5) is 0 Å². The third kappa shape index (κ3) is 5.50. The molecular weight excluding hydrogens is 365 g/mol. The number of benzene rings is 3. The number of aryl methyl sites for hydroxylation is 1. The predicted octanol–water partition coefficient (Wildman–Crippen LogP) is 5.14. The van der Waals surface area contributed by atoms with Crippen molar-refractivity contribution in [3.63, 3.8) is 0 Å². The second-order valence-electron chi connectivity index (χ2n) is 6.35. The van der Waals surface area contributed by atoms with Crippen LogP contribution in [0.15, 0.2) is 66.7 Å². The summed E-state index contributed by atoms with van der Waals surface area (Å²) in [4.78, 5) is 0. The third-order valence-corrected chi connectivity index (χ3v) is 4.80. The molecule has 0 spiro atoms. The Morgan fingerprint density at radius 3 is 2.04 bits per heavy atom. The monoisotopic (exact) mass is 386 g/mol. The van der Waals surface area contributed by atoms with Crippen molar-refractivity contribution >= 4 is 23.2 Å². The Labute approximate surface area is 164 Å². The molecule has 0 heterocycles. The van der Waals surface area contributed by atoms with Gasteiger partial charge in [-0.2, -0.15) is 0 Å². The van der Waals surface area contributed by atoms with Gasteiger partial charge >= 0.3 is 0 Å². The molecule has 0 saturated carbocycles. The van der Waals surface area contributed by atoms with Crippen molar-refractivity contribution in [2.75, 3.05) is 0 Å². The number of hydrogen-bond acceptors (Lipinski definition) is 1. The fourth-order valence-corrected chi connectivity index (χ4v) is 3.11. The predicted molar refractivity (Wildman–Crippen MR) is 108 cm³/mol. The molecule has 0 saturated heterocycles. The fourth-order valence-electron chi connectivity index (χ4n) is 2.65. The summed E-state index contributed by atoms with van der Waals surface area (Å²) in [7, 11) is 0. The molecule has 26 heavy (non-hydrogen) atoms. The smallest absolute Gasteiger partial charge is 0.119 e. The van der Waals surface area contributed by atoms with E-state index >= 15 is 0 Å². The molecule has 0 unspecified atom stereocenters. The molecule has 134 valence electrons. The van der Waals surface area contributed by atoms with Gasteiger partial charge in [-0.25, -0.2) is 0 Å². The van der Waals surface area contributed by atoms with Gasteiger partial charge in [-0.3, -0.25) is 0 Å².